The van der Waals surface area contributed by atoms with Gasteiger partial charge in [0.15, 0.2) is 11.3 Å². The molecule has 10 nitrogen and oxygen atoms in total. The summed E-state index contributed by atoms with van der Waals surface area (Å²) in [4.78, 5) is 25.6. The largest absolute Gasteiger partial charge is 0.494 e. The Bertz CT molecular complexity index is 1220. The fourth-order valence-corrected chi connectivity index (χ4v) is 3.11. The number of hydrogen-bond acceptors (Lipinski definition) is 6. The van der Waals surface area contributed by atoms with Gasteiger partial charge in [0.05, 0.1) is 5.69 Å². The first-order chi connectivity index (χ1) is 13.7. The number of H-pyrrole nitrogens is 1. The SMILES string of the molecule is CC(C)(C)Cn1c(O)c(C(=O)NC2CC2)c(=O)n2nc(-c3cc(C#N)n[nH]3)cc12. The van der Waals surface area contributed by atoms with Gasteiger partial charge in [-0.3, -0.25) is 19.3 Å². The van der Waals surface area contributed by atoms with Crippen molar-refractivity contribution < 1.29 is 9.90 Å². The zero-order valence-electron chi connectivity index (χ0n) is 16.4. The summed E-state index contributed by atoms with van der Waals surface area (Å²) in [5, 5.41) is 33.5. The van der Waals surface area contributed by atoms with Gasteiger partial charge in [-0.2, -0.15) is 20.0 Å². The van der Waals surface area contributed by atoms with E-state index < -0.39 is 11.5 Å². The number of hydrogen-bond donors (Lipinski definition) is 3. The minimum absolute atomic E-state index is 0.0376. The molecule has 0 aromatic carbocycles. The molecular weight excluding hydrogens is 374 g/mol. The molecule has 4 rings (SSSR count). The van der Waals surface area contributed by atoms with Crippen LogP contribution in [0.25, 0.3) is 17.0 Å². The van der Waals surface area contributed by atoms with Crippen LogP contribution < -0.4 is 10.9 Å². The highest BCUT2D eigenvalue weighted by atomic mass is 16.3. The quantitative estimate of drug-likeness (QED) is 0.610. The zero-order chi connectivity index (χ0) is 20.9. The van der Waals surface area contributed by atoms with E-state index in [2.05, 4.69) is 20.6 Å². The van der Waals surface area contributed by atoms with E-state index in [1.54, 1.807) is 6.07 Å². The molecule has 3 N–H and O–H groups in total. The first kappa shape index (κ1) is 18.7. The highest BCUT2D eigenvalue weighted by Gasteiger charge is 2.30. The highest BCUT2D eigenvalue weighted by molar-refractivity contribution is 5.96. The van der Waals surface area contributed by atoms with Crippen molar-refractivity contribution in [3.8, 4) is 23.3 Å². The van der Waals surface area contributed by atoms with Crippen molar-refractivity contribution in [3.63, 3.8) is 0 Å². The Morgan fingerprint density at radius 2 is 2.14 bits per heavy atom. The van der Waals surface area contributed by atoms with Crippen molar-refractivity contribution >= 4 is 11.6 Å². The number of aromatic nitrogens is 5. The molecule has 0 radical (unpaired) electrons. The third kappa shape index (κ3) is 3.47. The first-order valence-corrected chi connectivity index (χ1v) is 9.30. The number of fused-ring (bicyclic) bond motifs is 1. The van der Waals surface area contributed by atoms with Gasteiger partial charge in [-0.25, -0.2) is 0 Å². The monoisotopic (exact) mass is 395 g/mol. The van der Waals surface area contributed by atoms with Crippen LogP contribution in [0.4, 0.5) is 0 Å². The smallest absolute Gasteiger partial charge is 0.291 e. The van der Waals surface area contributed by atoms with Crippen molar-refractivity contribution in [1.82, 2.24) is 29.7 Å². The zero-order valence-corrected chi connectivity index (χ0v) is 16.4. The fourth-order valence-electron chi connectivity index (χ4n) is 3.11. The Labute approximate surface area is 165 Å². The number of rotatable bonds is 4. The van der Waals surface area contributed by atoms with Gasteiger partial charge < -0.3 is 10.4 Å². The maximum absolute atomic E-state index is 13.0. The summed E-state index contributed by atoms with van der Waals surface area (Å²) in [6, 6.07) is 5.09. The average molecular weight is 395 g/mol. The average Bonchev–Trinajstić information content (AvgIpc) is 3.16. The maximum atomic E-state index is 13.0. The van der Waals surface area contributed by atoms with Crippen molar-refractivity contribution in [3.05, 3.63) is 33.7 Å². The number of carbonyl (C=O) groups excluding carboxylic acids is 1. The number of aromatic hydroxyl groups is 1. The Morgan fingerprint density at radius 3 is 2.72 bits per heavy atom. The van der Waals surface area contributed by atoms with E-state index in [0.717, 1.165) is 17.4 Å². The van der Waals surface area contributed by atoms with Crippen LogP contribution in [0, 0.1) is 16.7 Å². The second-order valence-corrected chi connectivity index (χ2v) is 8.48. The minimum atomic E-state index is -0.702. The summed E-state index contributed by atoms with van der Waals surface area (Å²) >= 11 is 0. The molecule has 150 valence electrons. The van der Waals surface area contributed by atoms with Crippen LogP contribution in [0.3, 0.4) is 0 Å². The van der Waals surface area contributed by atoms with E-state index >= 15 is 0 Å². The molecular formula is C19H21N7O3. The van der Waals surface area contributed by atoms with Crippen molar-refractivity contribution in [2.45, 2.75) is 46.2 Å². The van der Waals surface area contributed by atoms with Crippen molar-refractivity contribution in [2.24, 2.45) is 5.41 Å². The van der Waals surface area contributed by atoms with E-state index in [1.807, 2.05) is 26.8 Å². The van der Waals surface area contributed by atoms with Crippen LogP contribution in [0.1, 0.15) is 49.7 Å². The molecule has 10 heteroatoms. The number of carbonyl (C=O) groups is 1. The molecule has 0 saturated heterocycles. The van der Waals surface area contributed by atoms with Crippen molar-refractivity contribution in [1.29, 1.82) is 5.26 Å². The molecule has 29 heavy (non-hydrogen) atoms. The van der Waals surface area contributed by atoms with Gasteiger partial charge in [-0.15, -0.1) is 0 Å². The fraction of sp³-hybridized carbons (Fsp3) is 0.421. The lowest BCUT2D eigenvalue weighted by Crippen LogP contribution is -2.35. The summed E-state index contributed by atoms with van der Waals surface area (Å²) in [5.41, 5.74) is 0.0813. The summed E-state index contributed by atoms with van der Waals surface area (Å²) in [5.74, 6) is -0.991. The van der Waals surface area contributed by atoms with E-state index in [9.17, 15) is 14.7 Å². The number of nitrogens with zero attached hydrogens (tertiary/aromatic N) is 5. The number of nitriles is 1. The molecule has 0 atom stereocenters. The molecule has 3 aromatic rings. The Morgan fingerprint density at radius 1 is 1.41 bits per heavy atom. The molecule has 1 amide bonds. The summed E-state index contributed by atoms with van der Waals surface area (Å²) in [7, 11) is 0. The molecule has 0 spiro atoms. The summed E-state index contributed by atoms with van der Waals surface area (Å²) < 4.78 is 2.62. The molecule has 1 fully saturated rings. The lowest BCUT2D eigenvalue weighted by molar-refractivity contribution is 0.0944. The highest BCUT2D eigenvalue weighted by Crippen LogP contribution is 2.27. The minimum Gasteiger partial charge on any atom is -0.494 e. The third-order valence-corrected chi connectivity index (χ3v) is 4.59. The van der Waals surface area contributed by atoms with E-state index in [1.165, 1.54) is 10.6 Å². The molecule has 0 aliphatic heterocycles. The van der Waals surface area contributed by atoms with E-state index in [0.29, 0.717) is 23.6 Å². The van der Waals surface area contributed by atoms with E-state index in [4.69, 9.17) is 5.26 Å². The van der Waals surface area contributed by atoms with Gasteiger partial charge in [-0.05, 0) is 18.3 Å². The Kier molecular flexibility index (Phi) is 4.19. The first-order valence-electron chi connectivity index (χ1n) is 9.30. The Balaban J connectivity index is 1.93. The molecule has 1 saturated carbocycles. The second-order valence-electron chi connectivity index (χ2n) is 8.48. The van der Waals surface area contributed by atoms with Crippen LogP contribution in [0.2, 0.25) is 0 Å². The van der Waals surface area contributed by atoms with Gasteiger partial charge in [0.25, 0.3) is 11.5 Å². The third-order valence-electron chi connectivity index (χ3n) is 4.59. The summed E-state index contributed by atoms with van der Waals surface area (Å²) in [6.45, 7) is 6.30. The lowest BCUT2D eigenvalue weighted by atomic mass is 9.96. The topological polar surface area (TPSA) is 141 Å². The van der Waals surface area contributed by atoms with Gasteiger partial charge in [0.1, 0.15) is 17.4 Å². The van der Waals surface area contributed by atoms with Gasteiger partial charge in [0.2, 0.25) is 5.88 Å². The number of aromatic amines is 1. The molecule has 1 aliphatic carbocycles. The standard InChI is InChI=1S/C19H21N7O3/c1-19(2,3)9-25-14-7-13(12-6-11(8-20)22-23-12)24-26(14)18(29)15(17(25)28)16(27)21-10-4-5-10/h6-7,10,28H,4-5,9H2,1-3H3,(H,21,27)(H,22,23). The van der Waals surface area contributed by atoms with Crippen molar-refractivity contribution in [2.75, 3.05) is 0 Å². The van der Waals surface area contributed by atoms with Crippen LogP contribution in [-0.2, 0) is 6.54 Å². The van der Waals surface area contributed by atoms with Gasteiger partial charge in [-0.1, -0.05) is 20.8 Å². The van der Waals surface area contributed by atoms with Gasteiger partial charge >= 0.3 is 0 Å². The predicted octanol–water partition coefficient (Wildman–Crippen LogP) is 1.40. The molecule has 0 unspecified atom stereocenters. The molecule has 0 bridgehead atoms. The molecule has 3 aromatic heterocycles. The Hall–Kier alpha value is -3.61. The molecule has 1 aliphatic rings. The lowest BCUT2D eigenvalue weighted by Gasteiger charge is -2.23. The normalized spacial score (nSPS) is 14.1. The van der Waals surface area contributed by atoms with Crippen LogP contribution in [-0.4, -0.2) is 41.4 Å². The van der Waals surface area contributed by atoms with Crippen LogP contribution in [0.5, 0.6) is 5.88 Å². The maximum Gasteiger partial charge on any atom is 0.291 e. The van der Waals surface area contributed by atoms with Gasteiger partial charge in [0, 0.05) is 24.7 Å². The van der Waals surface area contributed by atoms with Crippen LogP contribution >= 0.6 is 0 Å². The number of amides is 1. The number of nitrogens with one attached hydrogen (secondary N) is 2. The predicted molar refractivity (Wildman–Crippen MR) is 103 cm³/mol. The summed E-state index contributed by atoms with van der Waals surface area (Å²) in [6.07, 6.45) is 1.72. The van der Waals surface area contributed by atoms with Crippen LogP contribution in [0.15, 0.2) is 16.9 Å². The van der Waals surface area contributed by atoms with E-state index in [-0.39, 0.29) is 28.6 Å². The second kappa shape index (κ2) is 6.48. The molecule has 3 heterocycles.